The number of carbonyl (C=O) groups excluding carboxylic acids is 1. The summed E-state index contributed by atoms with van der Waals surface area (Å²) in [6.07, 6.45) is 7.37. The maximum Gasteiger partial charge on any atom is 0.327 e. The first kappa shape index (κ1) is 9.71. The van der Waals surface area contributed by atoms with E-state index in [1.807, 2.05) is 0 Å². The van der Waals surface area contributed by atoms with Crippen molar-refractivity contribution in [1.82, 2.24) is 14.9 Å². The Labute approximate surface area is 87.7 Å². The molecule has 1 saturated carbocycles. The molecule has 0 spiro atoms. The molecule has 1 aromatic rings. The van der Waals surface area contributed by atoms with Crippen molar-refractivity contribution in [2.24, 2.45) is 5.92 Å². The van der Waals surface area contributed by atoms with Crippen molar-refractivity contribution in [3.05, 3.63) is 18.7 Å². The Morgan fingerprint density at radius 2 is 2.47 bits per heavy atom. The van der Waals surface area contributed by atoms with Gasteiger partial charge >= 0.3 is 6.03 Å². The molecule has 0 radical (unpaired) electrons. The SMILES string of the molecule is N#CC1CCCC1NC(=O)n1ccnc1. The second kappa shape index (κ2) is 4.13. The minimum absolute atomic E-state index is 0.00935. The molecule has 15 heavy (non-hydrogen) atoms. The molecule has 1 N–H and O–H groups in total. The summed E-state index contributed by atoms with van der Waals surface area (Å²) in [5.74, 6) is -0.0440. The molecule has 5 nitrogen and oxygen atoms in total. The van der Waals surface area contributed by atoms with Crippen LogP contribution in [0.15, 0.2) is 18.7 Å². The summed E-state index contributed by atoms with van der Waals surface area (Å²) in [6.45, 7) is 0. The standard InChI is InChI=1S/C10H12N4O/c11-6-8-2-1-3-9(8)13-10(15)14-5-4-12-7-14/h4-5,7-9H,1-3H2,(H,13,15). The van der Waals surface area contributed by atoms with E-state index in [1.165, 1.54) is 10.9 Å². The summed E-state index contributed by atoms with van der Waals surface area (Å²) >= 11 is 0. The molecule has 1 aliphatic rings. The Morgan fingerprint density at radius 1 is 1.60 bits per heavy atom. The van der Waals surface area contributed by atoms with E-state index in [4.69, 9.17) is 5.26 Å². The highest BCUT2D eigenvalue weighted by Crippen LogP contribution is 2.24. The van der Waals surface area contributed by atoms with Crippen LogP contribution in [-0.2, 0) is 0 Å². The predicted octanol–water partition coefficient (Wildman–Crippen LogP) is 1.13. The quantitative estimate of drug-likeness (QED) is 0.745. The molecule has 1 heterocycles. The van der Waals surface area contributed by atoms with Crippen LogP contribution in [-0.4, -0.2) is 21.6 Å². The van der Waals surface area contributed by atoms with E-state index in [1.54, 1.807) is 12.4 Å². The summed E-state index contributed by atoms with van der Waals surface area (Å²) in [5, 5.41) is 11.7. The summed E-state index contributed by atoms with van der Waals surface area (Å²) in [4.78, 5) is 15.4. The van der Waals surface area contributed by atoms with Crippen molar-refractivity contribution in [1.29, 1.82) is 5.26 Å². The minimum Gasteiger partial charge on any atom is -0.333 e. The summed E-state index contributed by atoms with van der Waals surface area (Å²) in [6, 6.07) is 2.01. The lowest BCUT2D eigenvalue weighted by molar-refractivity contribution is 0.237. The normalized spacial score (nSPS) is 24.7. The molecule has 78 valence electrons. The lowest BCUT2D eigenvalue weighted by Crippen LogP contribution is -2.39. The molecule has 1 aliphatic carbocycles. The Bertz CT molecular complexity index is 379. The van der Waals surface area contributed by atoms with Crippen LogP contribution < -0.4 is 5.32 Å². The van der Waals surface area contributed by atoms with Crippen molar-refractivity contribution in [3.63, 3.8) is 0 Å². The molecule has 5 heteroatoms. The zero-order valence-corrected chi connectivity index (χ0v) is 8.26. The van der Waals surface area contributed by atoms with Gasteiger partial charge in [0.2, 0.25) is 0 Å². The van der Waals surface area contributed by atoms with Gasteiger partial charge in [-0.2, -0.15) is 5.26 Å². The summed E-state index contributed by atoms with van der Waals surface area (Å²) < 4.78 is 1.38. The van der Waals surface area contributed by atoms with Gasteiger partial charge in [0.1, 0.15) is 6.33 Å². The topological polar surface area (TPSA) is 70.7 Å². The van der Waals surface area contributed by atoms with Crippen molar-refractivity contribution in [2.75, 3.05) is 0 Å². The predicted molar refractivity (Wildman–Crippen MR) is 52.9 cm³/mol. The Kier molecular flexibility index (Phi) is 2.68. The fraction of sp³-hybridized carbons (Fsp3) is 0.500. The van der Waals surface area contributed by atoms with Crippen molar-refractivity contribution >= 4 is 6.03 Å². The van der Waals surface area contributed by atoms with Gasteiger partial charge in [0, 0.05) is 18.4 Å². The maximum absolute atomic E-state index is 11.6. The number of amides is 1. The largest absolute Gasteiger partial charge is 0.333 e. The van der Waals surface area contributed by atoms with Gasteiger partial charge in [-0.15, -0.1) is 0 Å². The second-order valence-electron chi connectivity index (χ2n) is 3.69. The number of carbonyl (C=O) groups is 1. The number of aromatic nitrogens is 2. The van der Waals surface area contributed by atoms with Gasteiger partial charge in [-0.3, -0.25) is 4.57 Å². The fourth-order valence-corrected chi connectivity index (χ4v) is 1.90. The summed E-state index contributed by atoms with van der Waals surface area (Å²) in [5.41, 5.74) is 0. The molecule has 0 bridgehead atoms. The third-order valence-corrected chi connectivity index (χ3v) is 2.73. The highest BCUT2D eigenvalue weighted by atomic mass is 16.2. The van der Waals surface area contributed by atoms with Crippen LogP contribution in [0.25, 0.3) is 0 Å². The van der Waals surface area contributed by atoms with Gasteiger partial charge in [0.15, 0.2) is 0 Å². The smallest absolute Gasteiger partial charge is 0.327 e. The van der Waals surface area contributed by atoms with Crippen LogP contribution in [0.5, 0.6) is 0 Å². The molecule has 0 aliphatic heterocycles. The monoisotopic (exact) mass is 204 g/mol. The van der Waals surface area contributed by atoms with Crippen LogP contribution in [0.4, 0.5) is 4.79 Å². The first-order valence-corrected chi connectivity index (χ1v) is 4.99. The highest BCUT2D eigenvalue weighted by Gasteiger charge is 2.28. The molecule has 1 aromatic heterocycles. The molecule has 2 atom stereocenters. The molecule has 1 fully saturated rings. The average Bonchev–Trinajstić information content (AvgIpc) is 2.87. The summed E-state index contributed by atoms with van der Waals surface area (Å²) in [7, 11) is 0. The number of nitriles is 1. The van der Waals surface area contributed by atoms with Crippen LogP contribution in [0, 0.1) is 17.2 Å². The number of imidazole rings is 1. The minimum atomic E-state index is -0.209. The number of hydrogen-bond donors (Lipinski definition) is 1. The van der Waals surface area contributed by atoms with Gasteiger partial charge in [0.25, 0.3) is 0 Å². The number of nitrogens with one attached hydrogen (secondary N) is 1. The van der Waals surface area contributed by atoms with Gasteiger partial charge < -0.3 is 5.32 Å². The van der Waals surface area contributed by atoms with Gasteiger partial charge in [-0.1, -0.05) is 0 Å². The molecule has 0 aromatic carbocycles. The first-order chi connectivity index (χ1) is 7.31. The van der Waals surface area contributed by atoms with E-state index >= 15 is 0 Å². The molecular formula is C10H12N4O. The Balaban J connectivity index is 1.98. The molecule has 0 saturated heterocycles. The van der Waals surface area contributed by atoms with Crippen molar-refractivity contribution in [2.45, 2.75) is 25.3 Å². The first-order valence-electron chi connectivity index (χ1n) is 4.99. The van der Waals surface area contributed by atoms with Crippen LogP contribution in [0.1, 0.15) is 19.3 Å². The lowest BCUT2D eigenvalue weighted by atomic mass is 10.1. The van der Waals surface area contributed by atoms with E-state index in [2.05, 4.69) is 16.4 Å². The van der Waals surface area contributed by atoms with Crippen molar-refractivity contribution in [3.8, 4) is 6.07 Å². The molecule has 1 amide bonds. The number of rotatable bonds is 1. The number of hydrogen-bond acceptors (Lipinski definition) is 3. The second-order valence-corrected chi connectivity index (χ2v) is 3.69. The zero-order valence-electron chi connectivity index (χ0n) is 8.26. The van der Waals surface area contributed by atoms with Crippen LogP contribution >= 0.6 is 0 Å². The Morgan fingerprint density at radius 3 is 3.13 bits per heavy atom. The molecule has 2 unspecified atom stereocenters. The third-order valence-electron chi connectivity index (χ3n) is 2.73. The highest BCUT2D eigenvalue weighted by molar-refractivity contribution is 5.76. The van der Waals surface area contributed by atoms with Crippen LogP contribution in [0.2, 0.25) is 0 Å². The zero-order chi connectivity index (χ0) is 10.7. The number of nitrogens with zero attached hydrogens (tertiary/aromatic N) is 3. The average molecular weight is 204 g/mol. The van der Waals surface area contributed by atoms with Crippen molar-refractivity contribution < 1.29 is 4.79 Å². The lowest BCUT2D eigenvalue weighted by Gasteiger charge is -2.15. The molecule has 2 rings (SSSR count). The van der Waals surface area contributed by atoms with E-state index < -0.39 is 0 Å². The third kappa shape index (κ3) is 1.99. The van der Waals surface area contributed by atoms with E-state index in [9.17, 15) is 4.79 Å². The maximum atomic E-state index is 11.6. The van der Waals surface area contributed by atoms with Crippen LogP contribution in [0.3, 0.4) is 0 Å². The van der Waals surface area contributed by atoms with Gasteiger partial charge in [0.05, 0.1) is 12.0 Å². The Hall–Kier alpha value is -1.83. The van der Waals surface area contributed by atoms with E-state index in [0.717, 1.165) is 19.3 Å². The molecular weight excluding hydrogens is 192 g/mol. The fourth-order valence-electron chi connectivity index (χ4n) is 1.90. The van der Waals surface area contributed by atoms with E-state index in [-0.39, 0.29) is 18.0 Å². The van der Waals surface area contributed by atoms with Gasteiger partial charge in [-0.25, -0.2) is 9.78 Å². The van der Waals surface area contributed by atoms with E-state index in [0.29, 0.717) is 0 Å². The van der Waals surface area contributed by atoms with Gasteiger partial charge in [-0.05, 0) is 19.3 Å².